The van der Waals surface area contributed by atoms with Crippen molar-refractivity contribution in [2.45, 2.75) is 19.8 Å². The van der Waals surface area contributed by atoms with Crippen LogP contribution < -0.4 is 10.6 Å². The van der Waals surface area contributed by atoms with Gasteiger partial charge in [0.2, 0.25) is 5.95 Å². The SMILES string of the molecule is CCCCNc1nccc(Nc2cc(Cl)cc(Cl)c2)n1. The van der Waals surface area contributed by atoms with Crippen LogP contribution in [0.25, 0.3) is 0 Å². The maximum atomic E-state index is 5.96. The van der Waals surface area contributed by atoms with Crippen molar-refractivity contribution in [3.63, 3.8) is 0 Å². The Hall–Kier alpha value is -1.52. The van der Waals surface area contributed by atoms with Crippen LogP contribution in [0.15, 0.2) is 30.5 Å². The summed E-state index contributed by atoms with van der Waals surface area (Å²) in [6.07, 6.45) is 3.92. The van der Waals surface area contributed by atoms with E-state index in [0.29, 0.717) is 21.8 Å². The van der Waals surface area contributed by atoms with Gasteiger partial charge in [0.05, 0.1) is 0 Å². The fraction of sp³-hybridized carbons (Fsp3) is 0.286. The smallest absolute Gasteiger partial charge is 0.224 e. The lowest BCUT2D eigenvalue weighted by Crippen LogP contribution is -2.06. The molecule has 0 fully saturated rings. The summed E-state index contributed by atoms with van der Waals surface area (Å²) >= 11 is 11.9. The standard InChI is InChI=1S/C14H16Cl2N4/c1-2-3-5-17-14-18-6-4-13(20-14)19-12-8-10(15)7-11(16)9-12/h4,6-9H,2-3,5H2,1H3,(H2,17,18,19,20). The summed E-state index contributed by atoms with van der Waals surface area (Å²) in [5.74, 6) is 1.30. The molecule has 0 spiro atoms. The molecule has 0 aliphatic heterocycles. The number of halogens is 2. The van der Waals surface area contributed by atoms with Crippen molar-refractivity contribution in [1.29, 1.82) is 0 Å². The predicted octanol–water partition coefficient (Wildman–Crippen LogP) is 4.74. The number of rotatable bonds is 6. The first kappa shape index (κ1) is 14.9. The van der Waals surface area contributed by atoms with Gasteiger partial charge in [-0.05, 0) is 30.7 Å². The maximum absolute atomic E-state index is 5.96. The summed E-state index contributed by atoms with van der Waals surface area (Å²) in [5.41, 5.74) is 0.792. The van der Waals surface area contributed by atoms with Crippen molar-refractivity contribution in [2.75, 3.05) is 17.2 Å². The fourth-order valence-corrected chi connectivity index (χ4v) is 2.19. The quantitative estimate of drug-likeness (QED) is 0.757. The van der Waals surface area contributed by atoms with E-state index in [1.54, 1.807) is 30.5 Å². The highest BCUT2D eigenvalue weighted by molar-refractivity contribution is 6.35. The normalized spacial score (nSPS) is 10.3. The van der Waals surface area contributed by atoms with Gasteiger partial charge in [0, 0.05) is 28.5 Å². The Morgan fingerprint density at radius 1 is 1.15 bits per heavy atom. The second kappa shape index (κ2) is 7.31. The third-order valence-corrected chi connectivity index (χ3v) is 3.04. The van der Waals surface area contributed by atoms with Gasteiger partial charge in [-0.25, -0.2) is 4.98 Å². The molecule has 1 aromatic carbocycles. The number of anilines is 3. The summed E-state index contributed by atoms with van der Waals surface area (Å²) in [5, 5.41) is 7.49. The lowest BCUT2D eigenvalue weighted by molar-refractivity contribution is 0.826. The van der Waals surface area contributed by atoms with E-state index in [0.717, 1.165) is 25.1 Å². The number of benzene rings is 1. The first-order valence-electron chi connectivity index (χ1n) is 6.47. The van der Waals surface area contributed by atoms with Crippen molar-refractivity contribution in [2.24, 2.45) is 0 Å². The van der Waals surface area contributed by atoms with Crippen molar-refractivity contribution < 1.29 is 0 Å². The summed E-state index contributed by atoms with van der Waals surface area (Å²) in [6, 6.07) is 7.06. The van der Waals surface area contributed by atoms with E-state index in [4.69, 9.17) is 23.2 Å². The monoisotopic (exact) mass is 310 g/mol. The van der Waals surface area contributed by atoms with Crippen LogP contribution in [0.5, 0.6) is 0 Å². The average molecular weight is 311 g/mol. The topological polar surface area (TPSA) is 49.8 Å². The van der Waals surface area contributed by atoms with Gasteiger partial charge in [-0.1, -0.05) is 36.5 Å². The van der Waals surface area contributed by atoms with Crippen LogP contribution in [0.3, 0.4) is 0 Å². The molecule has 0 bridgehead atoms. The van der Waals surface area contributed by atoms with E-state index in [9.17, 15) is 0 Å². The molecule has 2 N–H and O–H groups in total. The molecule has 0 aliphatic carbocycles. The highest BCUT2D eigenvalue weighted by Gasteiger charge is 2.02. The van der Waals surface area contributed by atoms with Crippen LogP contribution in [-0.4, -0.2) is 16.5 Å². The second-order valence-electron chi connectivity index (χ2n) is 4.33. The Kier molecular flexibility index (Phi) is 5.44. The molecule has 0 saturated carbocycles. The van der Waals surface area contributed by atoms with Gasteiger partial charge in [0.1, 0.15) is 5.82 Å². The molecule has 0 saturated heterocycles. The van der Waals surface area contributed by atoms with Gasteiger partial charge < -0.3 is 10.6 Å². The van der Waals surface area contributed by atoms with Crippen LogP contribution >= 0.6 is 23.2 Å². The number of hydrogen-bond acceptors (Lipinski definition) is 4. The molecule has 6 heteroatoms. The third kappa shape index (κ3) is 4.54. The molecular formula is C14H16Cl2N4. The summed E-state index contributed by atoms with van der Waals surface area (Å²) < 4.78 is 0. The van der Waals surface area contributed by atoms with Crippen molar-refractivity contribution in [1.82, 2.24) is 9.97 Å². The first-order valence-corrected chi connectivity index (χ1v) is 7.23. The minimum absolute atomic E-state index is 0.579. The van der Waals surface area contributed by atoms with Gasteiger partial charge in [0.25, 0.3) is 0 Å². The van der Waals surface area contributed by atoms with Gasteiger partial charge in [-0.2, -0.15) is 4.98 Å². The summed E-state index contributed by atoms with van der Waals surface area (Å²) in [6.45, 7) is 3.01. The molecule has 0 amide bonds. The number of hydrogen-bond donors (Lipinski definition) is 2. The molecule has 4 nitrogen and oxygen atoms in total. The average Bonchev–Trinajstić information content (AvgIpc) is 2.38. The molecular weight excluding hydrogens is 295 g/mol. The van der Waals surface area contributed by atoms with Gasteiger partial charge >= 0.3 is 0 Å². The Morgan fingerprint density at radius 2 is 1.90 bits per heavy atom. The summed E-state index contributed by atoms with van der Waals surface area (Å²) in [7, 11) is 0. The molecule has 1 aromatic heterocycles. The number of unbranched alkanes of at least 4 members (excludes halogenated alkanes) is 1. The van der Waals surface area contributed by atoms with Gasteiger partial charge in [-0.3, -0.25) is 0 Å². The molecule has 0 atom stereocenters. The molecule has 1 heterocycles. The number of nitrogens with zero attached hydrogens (tertiary/aromatic N) is 2. The molecule has 2 aromatic rings. The van der Waals surface area contributed by atoms with E-state index in [-0.39, 0.29) is 0 Å². The van der Waals surface area contributed by atoms with Crippen LogP contribution in [0, 0.1) is 0 Å². The molecule has 0 unspecified atom stereocenters. The maximum Gasteiger partial charge on any atom is 0.224 e. The number of aromatic nitrogens is 2. The van der Waals surface area contributed by atoms with Gasteiger partial charge in [0.15, 0.2) is 0 Å². The lowest BCUT2D eigenvalue weighted by atomic mass is 10.3. The molecule has 106 valence electrons. The van der Waals surface area contributed by atoms with Crippen LogP contribution in [0.4, 0.5) is 17.5 Å². The second-order valence-corrected chi connectivity index (χ2v) is 5.20. The van der Waals surface area contributed by atoms with E-state index in [1.807, 2.05) is 0 Å². The molecule has 0 radical (unpaired) electrons. The largest absolute Gasteiger partial charge is 0.354 e. The van der Waals surface area contributed by atoms with Crippen LogP contribution in [0.1, 0.15) is 19.8 Å². The Balaban J connectivity index is 2.07. The minimum atomic E-state index is 0.579. The van der Waals surface area contributed by atoms with Gasteiger partial charge in [-0.15, -0.1) is 0 Å². The van der Waals surface area contributed by atoms with E-state index in [2.05, 4.69) is 27.5 Å². The Bertz CT molecular complexity index is 555. The number of nitrogens with one attached hydrogen (secondary N) is 2. The lowest BCUT2D eigenvalue weighted by Gasteiger charge is -2.08. The molecule has 20 heavy (non-hydrogen) atoms. The van der Waals surface area contributed by atoms with Crippen molar-refractivity contribution >= 4 is 40.7 Å². The highest BCUT2D eigenvalue weighted by Crippen LogP contribution is 2.24. The van der Waals surface area contributed by atoms with E-state index < -0.39 is 0 Å². The Morgan fingerprint density at radius 3 is 2.60 bits per heavy atom. The van der Waals surface area contributed by atoms with Crippen LogP contribution in [-0.2, 0) is 0 Å². The van der Waals surface area contributed by atoms with Crippen molar-refractivity contribution in [3.05, 3.63) is 40.5 Å². The van der Waals surface area contributed by atoms with Crippen molar-refractivity contribution in [3.8, 4) is 0 Å². The third-order valence-electron chi connectivity index (χ3n) is 2.60. The Labute approximate surface area is 128 Å². The van der Waals surface area contributed by atoms with Crippen LogP contribution in [0.2, 0.25) is 10.0 Å². The highest BCUT2D eigenvalue weighted by atomic mass is 35.5. The van der Waals surface area contributed by atoms with E-state index >= 15 is 0 Å². The minimum Gasteiger partial charge on any atom is -0.354 e. The zero-order chi connectivity index (χ0) is 14.4. The zero-order valence-corrected chi connectivity index (χ0v) is 12.7. The summed E-state index contributed by atoms with van der Waals surface area (Å²) in [4.78, 5) is 8.55. The molecule has 0 aliphatic rings. The predicted molar refractivity (Wildman–Crippen MR) is 85.2 cm³/mol. The first-order chi connectivity index (χ1) is 9.67. The van der Waals surface area contributed by atoms with E-state index in [1.165, 1.54) is 0 Å². The molecule has 2 rings (SSSR count). The fourth-order valence-electron chi connectivity index (χ4n) is 1.66. The zero-order valence-electron chi connectivity index (χ0n) is 11.2.